The lowest BCUT2D eigenvalue weighted by Crippen LogP contribution is -2.34. The van der Waals surface area contributed by atoms with Gasteiger partial charge in [-0.2, -0.15) is 14.0 Å². The van der Waals surface area contributed by atoms with Crippen LogP contribution in [0.5, 0.6) is 5.75 Å². The normalized spacial score (nSPS) is 16.5. The standard InChI is InChI=1S/C21H16F2N4O2/c1-13-6-7-16(29-20(22)23)8-18(13)26-12-15(9-24)27(21(26)28)19-11-25-10-14-4-2-3-5-17(14)19/h2-8,10-11,15,20H,12H2,1H3/t15-/m0/s1. The number of alkyl halides is 2. The lowest BCUT2D eigenvalue weighted by Gasteiger charge is -2.22. The highest BCUT2D eigenvalue weighted by molar-refractivity contribution is 6.12. The van der Waals surface area contributed by atoms with Crippen molar-refractivity contribution in [2.75, 3.05) is 16.3 Å². The first kappa shape index (κ1) is 18.6. The van der Waals surface area contributed by atoms with Crippen LogP contribution in [-0.4, -0.2) is 30.2 Å². The minimum atomic E-state index is -2.97. The molecule has 4 rings (SSSR count). The SMILES string of the molecule is Cc1ccc(OC(F)F)cc1N1C[C@H](C#N)N(c2cncc3ccccc23)C1=O. The van der Waals surface area contributed by atoms with Gasteiger partial charge in [0.15, 0.2) is 0 Å². The van der Waals surface area contributed by atoms with Crippen LogP contribution in [-0.2, 0) is 0 Å². The number of hydrogen-bond donors (Lipinski definition) is 0. The molecule has 1 fully saturated rings. The number of aryl methyl sites for hydroxylation is 1. The van der Waals surface area contributed by atoms with Crippen molar-refractivity contribution in [3.8, 4) is 11.8 Å². The number of hydrogen-bond acceptors (Lipinski definition) is 4. The Morgan fingerprint density at radius 3 is 2.76 bits per heavy atom. The summed E-state index contributed by atoms with van der Waals surface area (Å²) in [4.78, 5) is 20.3. The zero-order valence-electron chi connectivity index (χ0n) is 15.4. The van der Waals surface area contributed by atoms with Crippen LogP contribution in [0.1, 0.15) is 5.56 Å². The lowest BCUT2D eigenvalue weighted by molar-refractivity contribution is -0.0498. The highest BCUT2D eigenvalue weighted by atomic mass is 19.3. The molecule has 2 aromatic carbocycles. The number of anilines is 2. The highest BCUT2D eigenvalue weighted by Crippen LogP contribution is 2.35. The molecule has 0 radical (unpaired) electrons. The van der Waals surface area contributed by atoms with Gasteiger partial charge in [-0.3, -0.25) is 14.8 Å². The number of benzene rings is 2. The van der Waals surface area contributed by atoms with E-state index >= 15 is 0 Å². The van der Waals surface area contributed by atoms with Crippen molar-refractivity contribution in [1.29, 1.82) is 5.26 Å². The van der Waals surface area contributed by atoms with Gasteiger partial charge in [0.1, 0.15) is 11.8 Å². The van der Waals surface area contributed by atoms with Crippen LogP contribution in [0.3, 0.4) is 0 Å². The Morgan fingerprint density at radius 2 is 2.00 bits per heavy atom. The second kappa shape index (κ2) is 7.36. The number of amides is 2. The summed E-state index contributed by atoms with van der Waals surface area (Å²) in [6, 6.07) is 12.8. The number of pyridine rings is 1. The maximum atomic E-state index is 13.3. The van der Waals surface area contributed by atoms with E-state index in [1.807, 2.05) is 24.3 Å². The van der Waals surface area contributed by atoms with Crippen molar-refractivity contribution in [1.82, 2.24) is 4.98 Å². The molecule has 0 N–H and O–H groups in total. The minimum absolute atomic E-state index is 0.0489. The molecule has 1 saturated heterocycles. The number of aromatic nitrogens is 1. The fourth-order valence-corrected chi connectivity index (χ4v) is 3.52. The van der Waals surface area contributed by atoms with Crippen molar-refractivity contribution < 1.29 is 18.3 Å². The first-order valence-corrected chi connectivity index (χ1v) is 8.88. The average molecular weight is 394 g/mol. The van der Waals surface area contributed by atoms with Crippen LogP contribution in [0.25, 0.3) is 10.8 Å². The van der Waals surface area contributed by atoms with E-state index in [9.17, 15) is 18.8 Å². The Hall–Kier alpha value is -3.73. The number of nitrogens with zero attached hydrogens (tertiary/aromatic N) is 4. The minimum Gasteiger partial charge on any atom is -0.435 e. The third-order valence-electron chi connectivity index (χ3n) is 4.86. The molecule has 0 saturated carbocycles. The predicted molar refractivity (Wildman–Crippen MR) is 104 cm³/mol. The number of ether oxygens (including phenoxy) is 1. The summed E-state index contributed by atoms with van der Waals surface area (Å²) in [6.07, 6.45) is 3.24. The lowest BCUT2D eigenvalue weighted by atomic mass is 10.1. The van der Waals surface area contributed by atoms with Gasteiger partial charge in [0.05, 0.1) is 30.2 Å². The number of carbonyl (C=O) groups is 1. The van der Waals surface area contributed by atoms with Gasteiger partial charge in [-0.1, -0.05) is 30.3 Å². The number of fused-ring (bicyclic) bond motifs is 1. The van der Waals surface area contributed by atoms with Crippen molar-refractivity contribution in [3.63, 3.8) is 0 Å². The predicted octanol–water partition coefficient (Wildman–Crippen LogP) is 4.48. The molecule has 29 heavy (non-hydrogen) atoms. The van der Waals surface area contributed by atoms with Gasteiger partial charge in [0.2, 0.25) is 0 Å². The Labute approximate surface area is 165 Å². The van der Waals surface area contributed by atoms with Crippen LogP contribution in [0.4, 0.5) is 25.0 Å². The monoisotopic (exact) mass is 394 g/mol. The highest BCUT2D eigenvalue weighted by Gasteiger charge is 2.40. The van der Waals surface area contributed by atoms with Gasteiger partial charge in [0, 0.05) is 23.0 Å². The first-order chi connectivity index (χ1) is 14.0. The molecule has 146 valence electrons. The Kier molecular flexibility index (Phi) is 4.72. The van der Waals surface area contributed by atoms with Crippen LogP contribution in [0.15, 0.2) is 54.9 Å². The topological polar surface area (TPSA) is 69.5 Å². The van der Waals surface area contributed by atoms with E-state index in [0.717, 1.165) is 10.8 Å². The molecule has 8 heteroatoms. The van der Waals surface area contributed by atoms with E-state index in [4.69, 9.17) is 0 Å². The smallest absolute Gasteiger partial charge is 0.387 e. The Bertz CT molecular complexity index is 1120. The molecule has 1 atom stereocenters. The van der Waals surface area contributed by atoms with Crippen molar-refractivity contribution in [2.24, 2.45) is 0 Å². The van der Waals surface area contributed by atoms with E-state index in [1.165, 1.54) is 21.9 Å². The molecule has 0 bridgehead atoms. The third-order valence-corrected chi connectivity index (χ3v) is 4.86. The van der Waals surface area contributed by atoms with E-state index in [0.29, 0.717) is 16.9 Å². The Morgan fingerprint density at radius 1 is 1.21 bits per heavy atom. The molecule has 0 unspecified atom stereocenters. The second-order valence-corrected chi connectivity index (χ2v) is 6.61. The number of halogens is 2. The number of nitriles is 1. The molecular weight excluding hydrogens is 378 g/mol. The average Bonchev–Trinajstić information content (AvgIpc) is 3.04. The quantitative estimate of drug-likeness (QED) is 0.654. The zero-order valence-corrected chi connectivity index (χ0v) is 15.4. The fourth-order valence-electron chi connectivity index (χ4n) is 3.52. The first-order valence-electron chi connectivity index (χ1n) is 8.88. The van der Waals surface area contributed by atoms with Gasteiger partial charge < -0.3 is 4.74 Å². The van der Waals surface area contributed by atoms with Crippen LogP contribution in [0.2, 0.25) is 0 Å². The largest absolute Gasteiger partial charge is 0.435 e. The summed E-state index contributed by atoms with van der Waals surface area (Å²) in [5.74, 6) is -0.0489. The van der Waals surface area contributed by atoms with Gasteiger partial charge in [-0.15, -0.1) is 0 Å². The third kappa shape index (κ3) is 3.31. The molecule has 1 aliphatic rings. The summed E-state index contributed by atoms with van der Waals surface area (Å²) in [5, 5.41) is 11.3. The molecule has 2 heterocycles. The second-order valence-electron chi connectivity index (χ2n) is 6.61. The van der Waals surface area contributed by atoms with Gasteiger partial charge in [0.25, 0.3) is 0 Å². The molecule has 1 aromatic heterocycles. The summed E-state index contributed by atoms with van der Waals surface area (Å²) >= 11 is 0. The van der Waals surface area contributed by atoms with Crippen LogP contribution in [0, 0.1) is 18.3 Å². The molecule has 0 spiro atoms. The summed E-state index contributed by atoms with van der Waals surface area (Å²) < 4.78 is 29.7. The number of urea groups is 1. The molecular formula is C21H16F2N4O2. The molecule has 1 aliphatic heterocycles. The van der Waals surface area contributed by atoms with Crippen LogP contribution >= 0.6 is 0 Å². The zero-order chi connectivity index (χ0) is 20.5. The van der Waals surface area contributed by atoms with E-state index < -0.39 is 18.7 Å². The van der Waals surface area contributed by atoms with Crippen LogP contribution < -0.4 is 14.5 Å². The summed E-state index contributed by atoms with van der Waals surface area (Å²) in [5.41, 5.74) is 1.65. The summed E-state index contributed by atoms with van der Waals surface area (Å²) in [7, 11) is 0. The summed E-state index contributed by atoms with van der Waals surface area (Å²) in [6.45, 7) is -1.11. The van der Waals surface area contributed by atoms with Gasteiger partial charge in [-0.25, -0.2) is 4.79 Å². The maximum Gasteiger partial charge on any atom is 0.387 e. The number of carbonyl (C=O) groups excluding carboxylic acids is 1. The van der Waals surface area contributed by atoms with Crippen molar-refractivity contribution >= 4 is 28.2 Å². The van der Waals surface area contributed by atoms with Crippen molar-refractivity contribution in [3.05, 3.63) is 60.4 Å². The molecule has 2 amide bonds. The Balaban J connectivity index is 1.77. The van der Waals surface area contributed by atoms with E-state index in [1.54, 1.807) is 25.4 Å². The number of rotatable bonds is 4. The molecule has 0 aliphatic carbocycles. The van der Waals surface area contributed by atoms with Crippen molar-refractivity contribution in [2.45, 2.75) is 19.6 Å². The molecule has 6 nitrogen and oxygen atoms in total. The molecule has 3 aromatic rings. The van der Waals surface area contributed by atoms with E-state index in [-0.39, 0.29) is 12.3 Å². The van der Waals surface area contributed by atoms with Gasteiger partial charge >= 0.3 is 12.6 Å². The van der Waals surface area contributed by atoms with E-state index in [2.05, 4.69) is 15.8 Å². The van der Waals surface area contributed by atoms with Gasteiger partial charge in [-0.05, 0) is 18.6 Å². The fraction of sp³-hybridized carbons (Fsp3) is 0.190. The maximum absolute atomic E-state index is 13.3.